The molecule has 0 unspecified atom stereocenters. The zero-order valence-electron chi connectivity index (χ0n) is 22.4. The van der Waals surface area contributed by atoms with Gasteiger partial charge >= 0.3 is 38.6 Å². The molecule has 0 bridgehead atoms. The summed E-state index contributed by atoms with van der Waals surface area (Å²) in [5.74, 6) is -1.53. The van der Waals surface area contributed by atoms with Crippen molar-refractivity contribution < 1.29 is 53.8 Å². The molecule has 4 rings (SSSR count). The van der Waals surface area contributed by atoms with Crippen molar-refractivity contribution >= 4 is 38.6 Å². The smallest absolute Gasteiger partial charge is 0.426 e. The van der Waals surface area contributed by atoms with Crippen LogP contribution >= 0.6 is 0 Å². The molecule has 2 aromatic rings. The Morgan fingerprint density at radius 1 is 0.829 bits per heavy atom. The molecule has 0 radical (unpaired) electrons. The summed E-state index contributed by atoms with van der Waals surface area (Å²) < 4.78 is 71.8. The van der Waals surface area contributed by atoms with E-state index in [0.717, 1.165) is 11.1 Å². The number of carbonyl (C=O) groups is 3. The lowest BCUT2D eigenvalue weighted by Crippen LogP contribution is -2.46. The number of amides is 1. The SMILES string of the molecule is CC(C)(C)OC(=O)N1[C@H](C(=O)OCc2ccccc2)COS1(=O)=O.O=C(OCc1ccccc1)[C@@H]1COS(=O)(=O)N1. The predicted octanol–water partition coefficient (Wildman–Crippen LogP) is 1.57. The highest BCUT2D eigenvalue weighted by Gasteiger charge is 2.49. The molecule has 2 fully saturated rings. The quantitative estimate of drug-likeness (QED) is 0.367. The second kappa shape index (κ2) is 13.4. The third-order valence-corrected chi connectivity index (χ3v) is 7.49. The number of benzene rings is 2. The average Bonchev–Trinajstić information content (AvgIpc) is 3.44. The average molecular weight is 615 g/mol. The van der Waals surface area contributed by atoms with Gasteiger partial charge in [-0.05, 0) is 31.9 Å². The summed E-state index contributed by atoms with van der Waals surface area (Å²) in [7, 11) is -8.15. The minimum Gasteiger partial charge on any atom is -0.460 e. The van der Waals surface area contributed by atoms with Crippen LogP contribution in [0.5, 0.6) is 0 Å². The van der Waals surface area contributed by atoms with Crippen LogP contribution in [0.2, 0.25) is 0 Å². The predicted molar refractivity (Wildman–Crippen MR) is 141 cm³/mol. The molecule has 16 heteroatoms. The highest BCUT2D eigenvalue weighted by atomic mass is 32.2. The number of ether oxygens (including phenoxy) is 3. The summed E-state index contributed by atoms with van der Waals surface area (Å²) in [6.45, 7) is 4.08. The lowest BCUT2D eigenvalue weighted by molar-refractivity contribution is -0.149. The molecule has 0 spiro atoms. The Morgan fingerprint density at radius 3 is 1.80 bits per heavy atom. The molecule has 14 nitrogen and oxygen atoms in total. The second-order valence-corrected chi connectivity index (χ2v) is 12.5. The molecule has 1 amide bonds. The van der Waals surface area contributed by atoms with Crippen LogP contribution in [0.4, 0.5) is 4.79 Å². The summed E-state index contributed by atoms with van der Waals surface area (Å²) >= 11 is 0. The van der Waals surface area contributed by atoms with Crippen molar-refractivity contribution in [3.8, 4) is 0 Å². The van der Waals surface area contributed by atoms with Crippen molar-refractivity contribution in [2.45, 2.75) is 51.7 Å². The molecule has 0 aromatic heterocycles. The van der Waals surface area contributed by atoms with Gasteiger partial charge in [0.2, 0.25) is 0 Å². The summed E-state index contributed by atoms with van der Waals surface area (Å²) in [4.78, 5) is 35.8. The van der Waals surface area contributed by atoms with E-state index in [1.54, 1.807) is 45.0 Å². The zero-order valence-corrected chi connectivity index (χ0v) is 24.1. The molecule has 2 aliphatic rings. The van der Waals surface area contributed by atoms with Gasteiger partial charge in [-0.1, -0.05) is 60.7 Å². The Labute approximate surface area is 238 Å². The first-order chi connectivity index (χ1) is 19.2. The first-order valence-corrected chi connectivity index (χ1v) is 14.9. The topological polar surface area (TPSA) is 181 Å². The molecular formula is C25H30N2O12S2. The monoisotopic (exact) mass is 614 g/mol. The van der Waals surface area contributed by atoms with Crippen molar-refractivity contribution in [1.29, 1.82) is 0 Å². The Bertz CT molecular complexity index is 1430. The Balaban J connectivity index is 0.000000239. The zero-order chi connectivity index (χ0) is 30.3. The molecule has 2 atom stereocenters. The van der Waals surface area contributed by atoms with Crippen molar-refractivity contribution in [3.63, 3.8) is 0 Å². The highest BCUT2D eigenvalue weighted by Crippen LogP contribution is 2.23. The van der Waals surface area contributed by atoms with E-state index in [1.165, 1.54) is 0 Å². The van der Waals surface area contributed by atoms with Gasteiger partial charge in [-0.3, -0.25) is 13.2 Å². The van der Waals surface area contributed by atoms with E-state index < -0.39 is 62.9 Å². The number of carbonyl (C=O) groups excluding carboxylic acids is 3. The summed E-state index contributed by atoms with van der Waals surface area (Å²) in [6.07, 6.45) is -1.18. The van der Waals surface area contributed by atoms with Gasteiger partial charge in [0.15, 0.2) is 6.04 Å². The van der Waals surface area contributed by atoms with Crippen LogP contribution in [0.25, 0.3) is 0 Å². The first-order valence-electron chi connectivity index (χ1n) is 12.2. The van der Waals surface area contributed by atoms with Gasteiger partial charge in [0.05, 0.1) is 6.61 Å². The molecule has 2 aliphatic heterocycles. The van der Waals surface area contributed by atoms with E-state index in [-0.39, 0.29) is 24.1 Å². The van der Waals surface area contributed by atoms with Crippen molar-refractivity contribution in [3.05, 3.63) is 71.8 Å². The molecule has 0 aliphatic carbocycles. The van der Waals surface area contributed by atoms with Crippen molar-refractivity contribution in [2.24, 2.45) is 0 Å². The van der Waals surface area contributed by atoms with Gasteiger partial charge in [-0.15, -0.1) is 0 Å². The van der Waals surface area contributed by atoms with Gasteiger partial charge in [0.1, 0.15) is 31.5 Å². The van der Waals surface area contributed by atoms with E-state index in [9.17, 15) is 31.2 Å². The number of hydrogen-bond acceptors (Lipinski definition) is 12. The third kappa shape index (κ3) is 9.79. The van der Waals surface area contributed by atoms with E-state index in [2.05, 4.69) is 8.37 Å². The van der Waals surface area contributed by atoms with E-state index in [1.807, 2.05) is 41.1 Å². The molecule has 1 N–H and O–H groups in total. The minimum absolute atomic E-state index is 0.0433. The molecule has 41 heavy (non-hydrogen) atoms. The van der Waals surface area contributed by atoms with Crippen LogP contribution in [0.1, 0.15) is 31.9 Å². The van der Waals surface area contributed by atoms with Gasteiger partial charge in [-0.2, -0.15) is 25.9 Å². The van der Waals surface area contributed by atoms with Gasteiger partial charge in [-0.25, -0.2) is 9.59 Å². The fraction of sp³-hybridized carbons (Fsp3) is 0.400. The highest BCUT2D eigenvalue weighted by molar-refractivity contribution is 7.85. The van der Waals surface area contributed by atoms with Gasteiger partial charge in [0.25, 0.3) is 0 Å². The number of esters is 2. The largest absolute Gasteiger partial charge is 0.460 e. The third-order valence-electron chi connectivity index (χ3n) is 5.15. The van der Waals surface area contributed by atoms with Crippen LogP contribution in [0.15, 0.2) is 60.7 Å². The van der Waals surface area contributed by atoms with Crippen LogP contribution < -0.4 is 4.72 Å². The van der Waals surface area contributed by atoms with Crippen LogP contribution in [0.3, 0.4) is 0 Å². The molecule has 2 aromatic carbocycles. The lowest BCUT2D eigenvalue weighted by Gasteiger charge is -2.25. The van der Waals surface area contributed by atoms with E-state index >= 15 is 0 Å². The second-order valence-electron chi connectivity index (χ2n) is 9.63. The fourth-order valence-corrected chi connectivity index (χ4v) is 5.28. The molecule has 224 valence electrons. The summed E-state index contributed by atoms with van der Waals surface area (Å²) in [6, 6.07) is 15.6. The Morgan fingerprint density at radius 2 is 1.34 bits per heavy atom. The normalized spacial score (nSPS) is 20.8. The number of nitrogens with one attached hydrogen (secondary N) is 1. The lowest BCUT2D eigenvalue weighted by atomic mass is 10.2. The number of hydrogen-bond donors (Lipinski definition) is 1. The number of rotatable bonds is 6. The van der Waals surface area contributed by atoms with Crippen LogP contribution in [-0.2, 0) is 66.0 Å². The summed E-state index contributed by atoms with van der Waals surface area (Å²) in [5.41, 5.74) is 0.646. The maximum absolute atomic E-state index is 12.2. The summed E-state index contributed by atoms with van der Waals surface area (Å²) in [5, 5.41) is 0. The molecule has 0 saturated carbocycles. The van der Waals surface area contributed by atoms with Crippen molar-refractivity contribution in [1.82, 2.24) is 9.03 Å². The van der Waals surface area contributed by atoms with Gasteiger partial charge in [0, 0.05) is 0 Å². The van der Waals surface area contributed by atoms with Crippen LogP contribution in [0, 0.1) is 0 Å². The maximum Gasteiger partial charge on any atom is 0.426 e. The molecular weight excluding hydrogens is 584 g/mol. The van der Waals surface area contributed by atoms with Gasteiger partial charge < -0.3 is 14.2 Å². The molecule has 2 heterocycles. The Hall–Kier alpha value is -3.57. The fourth-order valence-electron chi connectivity index (χ4n) is 3.29. The standard InChI is InChI=1S/C15H19NO7S.C10H11NO5S/c1-15(2,3)23-14(18)16-12(10-22-24(16,19)20)13(17)21-9-11-7-5-4-6-8-11;12-10(9-7-16-17(13,14)11-9)15-6-8-4-2-1-3-5-8/h4-8,12H,9-10H2,1-3H3;1-5,9,11H,6-7H2/t12-;9-/m00/s1. The molecule has 2 saturated heterocycles. The number of nitrogens with zero attached hydrogens (tertiary/aromatic N) is 1. The van der Waals surface area contributed by atoms with Crippen molar-refractivity contribution in [2.75, 3.05) is 13.2 Å². The maximum atomic E-state index is 12.2. The van der Waals surface area contributed by atoms with Crippen LogP contribution in [-0.4, -0.2) is 70.1 Å². The van der Waals surface area contributed by atoms with E-state index in [4.69, 9.17) is 14.2 Å². The van der Waals surface area contributed by atoms with E-state index in [0.29, 0.717) is 0 Å². The Kier molecular flexibility index (Phi) is 10.4. The first kappa shape index (κ1) is 32.0. The minimum atomic E-state index is -4.38.